The van der Waals surface area contributed by atoms with E-state index in [1.54, 1.807) is 24.3 Å². The van der Waals surface area contributed by atoms with Gasteiger partial charge >= 0.3 is 0 Å². The molecule has 0 N–H and O–H groups in total. The number of hydrogen-bond donors (Lipinski definition) is 0. The number of likely N-dealkylation sites (N-methyl/N-ethyl adjacent to an activating group) is 1. The first-order valence-electron chi connectivity index (χ1n) is 8.08. The molecule has 2 aromatic rings. The molecule has 9 heteroatoms. The van der Waals surface area contributed by atoms with Crippen LogP contribution in [0.2, 0.25) is 5.02 Å². The van der Waals surface area contributed by atoms with Crippen LogP contribution < -0.4 is 4.74 Å². The molecule has 0 aliphatic rings. The molecular formula is C18H21BrClFN2O3S. The molecule has 0 radical (unpaired) electrons. The van der Waals surface area contributed by atoms with Crippen molar-refractivity contribution in [3.8, 4) is 5.75 Å². The molecule has 5 nitrogen and oxygen atoms in total. The van der Waals surface area contributed by atoms with Gasteiger partial charge in [0.25, 0.3) is 0 Å². The van der Waals surface area contributed by atoms with E-state index in [0.29, 0.717) is 16.6 Å². The minimum Gasteiger partial charge on any atom is -0.494 e. The van der Waals surface area contributed by atoms with Crippen LogP contribution in [0.4, 0.5) is 4.39 Å². The largest absolute Gasteiger partial charge is 0.494 e. The van der Waals surface area contributed by atoms with Crippen LogP contribution in [0, 0.1) is 5.82 Å². The lowest BCUT2D eigenvalue weighted by Crippen LogP contribution is -2.36. The summed E-state index contributed by atoms with van der Waals surface area (Å²) in [6, 6.07) is 9.01. The Bertz CT molecular complexity index is 909. The lowest BCUT2D eigenvalue weighted by Gasteiger charge is -2.25. The second kappa shape index (κ2) is 9.34. The third kappa shape index (κ3) is 5.42. The Labute approximate surface area is 172 Å². The zero-order valence-electron chi connectivity index (χ0n) is 15.2. The van der Waals surface area contributed by atoms with Crippen molar-refractivity contribution in [3.05, 3.63) is 57.3 Å². The number of nitrogens with zero attached hydrogens (tertiary/aromatic N) is 2. The zero-order chi connectivity index (χ0) is 20.2. The summed E-state index contributed by atoms with van der Waals surface area (Å²) in [4.78, 5) is 1.79. The van der Waals surface area contributed by atoms with Gasteiger partial charge in [0.1, 0.15) is 10.7 Å². The molecule has 0 spiro atoms. The lowest BCUT2D eigenvalue weighted by molar-refractivity contribution is 0.325. The standard InChI is InChI=1S/C18H21BrClFN2O3S/c1-22(2)8-9-23(12-13-6-4-5-7-16(13)21)27(24,25)17-11-14(20)10-15(19)18(17)26-3/h4-7,10-11H,8-9,12H2,1-3H3. The third-order valence-electron chi connectivity index (χ3n) is 3.90. The van der Waals surface area contributed by atoms with Gasteiger partial charge in [-0.15, -0.1) is 0 Å². The van der Waals surface area contributed by atoms with Crippen molar-refractivity contribution < 1.29 is 17.5 Å². The highest BCUT2D eigenvalue weighted by Gasteiger charge is 2.30. The quantitative estimate of drug-likeness (QED) is 0.574. The molecule has 2 rings (SSSR count). The van der Waals surface area contributed by atoms with Crippen LogP contribution in [0.25, 0.3) is 0 Å². The summed E-state index contributed by atoms with van der Waals surface area (Å²) in [5.74, 6) is -0.301. The van der Waals surface area contributed by atoms with Gasteiger partial charge in [-0.25, -0.2) is 12.8 Å². The highest BCUT2D eigenvalue weighted by atomic mass is 79.9. The van der Waals surface area contributed by atoms with Crippen molar-refractivity contribution >= 4 is 37.6 Å². The predicted molar refractivity (Wildman–Crippen MR) is 108 cm³/mol. The number of sulfonamides is 1. The molecule has 0 aliphatic carbocycles. The molecule has 2 aromatic carbocycles. The Morgan fingerprint density at radius 1 is 1.19 bits per heavy atom. The Balaban J connectivity index is 2.52. The molecule has 0 saturated carbocycles. The van der Waals surface area contributed by atoms with Gasteiger partial charge in [0.2, 0.25) is 10.0 Å². The summed E-state index contributed by atoms with van der Waals surface area (Å²) in [6.45, 7) is 0.546. The van der Waals surface area contributed by atoms with Gasteiger partial charge in [0.05, 0.1) is 11.6 Å². The highest BCUT2D eigenvalue weighted by Crippen LogP contribution is 2.37. The van der Waals surface area contributed by atoms with Crippen LogP contribution >= 0.6 is 27.5 Å². The molecule has 0 fully saturated rings. The summed E-state index contributed by atoms with van der Waals surface area (Å²) in [6.07, 6.45) is 0. The van der Waals surface area contributed by atoms with Crippen LogP contribution in [0.1, 0.15) is 5.56 Å². The van der Waals surface area contributed by atoms with Gasteiger partial charge in [0.15, 0.2) is 5.75 Å². The molecule has 148 valence electrons. The molecular weight excluding hydrogens is 459 g/mol. The molecule has 0 amide bonds. The van der Waals surface area contributed by atoms with Gasteiger partial charge in [-0.05, 0) is 48.2 Å². The van der Waals surface area contributed by atoms with Gasteiger partial charge in [0, 0.05) is 30.2 Å². The summed E-state index contributed by atoms with van der Waals surface area (Å²) >= 11 is 9.35. The summed E-state index contributed by atoms with van der Waals surface area (Å²) < 4.78 is 47.8. The molecule has 0 saturated heterocycles. The van der Waals surface area contributed by atoms with Crippen molar-refractivity contribution in [2.24, 2.45) is 0 Å². The van der Waals surface area contributed by atoms with Crippen LogP contribution in [-0.2, 0) is 16.6 Å². The predicted octanol–water partition coefficient (Wildman–Crippen LogP) is 4.00. The molecule has 0 aromatic heterocycles. The maximum Gasteiger partial charge on any atom is 0.247 e. The summed E-state index contributed by atoms with van der Waals surface area (Å²) in [7, 11) is 1.06. The van der Waals surface area contributed by atoms with E-state index in [0.717, 1.165) is 0 Å². The molecule has 27 heavy (non-hydrogen) atoms. The van der Waals surface area contributed by atoms with E-state index >= 15 is 0 Å². The maximum absolute atomic E-state index is 14.1. The van der Waals surface area contributed by atoms with Crippen molar-refractivity contribution in [2.45, 2.75) is 11.4 Å². The smallest absolute Gasteiger partial charge is 0.247 e. The average Bonchev–Trinajstić information content (AvgIpc) is 2.59. The van der Waals surface area contributed by atoms with Crippen LogP contribution in [0.3, 0.4) is 0 Å². The van der Waals surface area contributed by atoms with E-state index in [-0.39, 0.29) is 28.8 Å². The van der Waals surface area contributed by atoms with Gasteiger partial charge in [-0.2, -0.15) is 4.31 Å². The molecule has 0 heterocycles. The van der Waals surface area contributed by atoms with Crippen molar-refractivity contribution in [2.75, 3.05) is 34.3 Å². The van der Waals surface area contributed by atoms with E-state index in [4.69, 9.17) is 16.3 Å². The fraction of sp³-hybridized carbons (Fsp3) is 0.333. The zero-order valence-corrected chi connectivity index (χ0v) is 18.4. The number of benzene rings is 2. The van der Waals surface area contributed by atoms with Crippen molar-refractivity contribution in [3.63, 3.8) is 0 Å². The van der Waals surface area contributed by atoms with E-state index in [9.17, 15) is 12.8 Å². The van der Waals surface area contributed by atoms with E-state index in [1.165, 1.54) is 23.5 Å². The maximum atomic E-state index is 14.1. The minimum absolute atomic E-state index is 0.0699. The molecule has 0 aliphatic heterocycles. The van der Waals surface area contributed by atoms with Crippen LogP contribution in [0.5, 0.6) is 5.75 Å². The number of halogens is 3. The Morgan fingerprint density at radius 2 is 1.85 bits per heavy atom. The number of ether oxygens (including phenoxy) is 1. The van der Waals surface area contributed by atoms with Gasteiger partial charge < -0.3 is 9.64 Å². The van der Waals surface area contributed by atoms with E-state index in [2.05, 4.69) is 15.9 Å². The first kappa shape index (κ1) is 22.1. The van der Waals surface area contributed by atoms with Crippen LogP contribution in [-0.4, -0.2) is 51.9 Å². The average molecular weight is 480 g/mol. The Hall–Kier alpha value is -1.19. The van der Waals surface area contributed by atoms with Crippen LogP contribution in [0.15, 0.2) is 45.8 Å². The second-order valence-electron chi connectivity index (χ2n) is 6.15. The van der Waals surface area contributed by atoms with Crippen molar-refractivity contribution in [1.29, 1.82) is 0 Å². The van der Waals surface area contributed by atoms with Crippen molar-refractivity contribution in [1.82, 2.24) is 9.21 Å². The highest BCUT2D eigenvalue weighted by molar-refractivity contribution is 9.10. The molecule has 0 unspecified atom stereocenters. The fourth-order valence-corrected chi connectivity index (χ4v) is 5.26. The number of methoxy groups -OCH3 is 1. The first-order chi connectivity index (χ1) is 12.7. The lowest BCUT2D eigenvalue weighted by atomic mass is 10.2. The normalized spacial score (nSPS) is 12.0. The first-order valence-corrected chi connectivity index (χ1v) is 10.7. The van der Waals surface area contributed by atoms with E-state index in [1.807, 2.05) is 19.0 Å². The molecule has 0 atom stereocenters. The topological polar surface area (TPSA) is 49.9 Å². The Morgan fingerprint density at radius 3 is 2.44 bits per heavy atom. The van der Waals surface area contributed by atoms with Gasteiger partial charge in [-0.3, -0.25) is 0 Å². The summed E-state index contributed by atoms with van der Waals surface area (Å²) in [5, 5.41) is 0.250. The Kier molecular flexibility index (Phi) is 7.64. The minimum atomic E-state index is -4.00. The number of rotatable bonds is 8. The van der Waals surface area contributed by atoms with E-state index < -0.39 is 15.8 Å². The SMILES string of the molecule is COc1c(Br)cc(Cl)cc1S(=O)(=O)N(CCN(C)C)Cc1ccccc1F. The monoisotopic (exact) mass is 478 g/mol. The second-order valence-corrected chi connectivity index (χ2v) is 9.35. The number of hydrogen-bond acceptors (Lipinski definition) is 4. The fourth-order valence-electron chi connectivity index (χ4n) is 2.48. The summed E-state index contributed by atoms with van der Waals surface area (Å²) in [5.41, 5.74) is 0.292. The van der Waals surface area contributed by atoms with Gasteiger partial charge in [-0.1, -0.05) is 29.8 Å². The molecule has 0 bridgehead atoms. The third-order valence-corrected chi connectivity index (χ3v) is 6.56.